The molecule has 2 unspecified atom stereocenters. The van der Waals surface area contributed by atoms with Crippen molar-refractivity contribution in [2.24, 2.45) is 5.92 Å². The Kier molecular flexibility index (Phi) is 4.65. The molecular weight excluding hydrogens is 252 g/mol. The van der Waals surface area contributed by atoms with Crippen LogP contribution < -0.4 is 5.32 Å². The first-order chi connectivity index (χ1) is 9.58. The number of nitrogens with zero attached hydrogens (tertiary/aromatic N) is 1. The summed E-state index contributed by atoms with van der Waals surface area (Å²) in [6.45, 7) is 7.79. The molecule has 1 aromatic rings. The predicted molar refractivity (Wildman–Crippen MR) is 81.0 cm³/mol. The molecule has 1 heterocycles. The number of likely N-dealkylation sites (tertiary alicyclic amines) is 1. The summed E-state index contributed by atoms with van der Waals surface area (Å²) in [4.78, 5) is 14.4. The first-order valence-corrected chi connectivity index (χ1v) is 7.34. The molecular formula is C16H24N2O2. The smallest absolute Gasteiger partial charge is 0.254 e. The summed E-state index contributed by atoms with van der Waals surface area (Å²) in [6, 6.07) is 5.71. The van der Waals surface area contributed by atoms with E-state index in [1.165, 1.54) is 0 Å². The topological polar surface area (TPSA) is 52.6 Å². The van der Waals surface area contributed by atoms with E-state index in [1.807, 2.05) is 30.0 Å². The molecule has 110 valence electrons. The lowest BCUT2D eigenvalue weighted by molar-refractivity contribution is 0.0648. The molecule has 1 fully saturated rings. The molecule has 0 aromatic heterocycles. The van der Waals surface area contributed by atoms with Crippen LogP contribution in [0.15, 0.2) is 18.2 Å². The number of amides is 1. The highest BCUT2D eigenvalue weighted by molar-refractivity contribution is 5.95. The maximum Gasteiger partial charge on any atom is 0.254 e. The van der Waals surface area contributed by atoms with Gasteiger partial charge in [-0.25, -0.2) is 0 Å². The second-order valence-electron chi connectivity index (χ2n) is 5.57. The van der Waals surface area contributed by atoms with E-state index in [2.05, 4.69) is 19.2 Å². The molecule has 4 heteroatoms. The lowest BCUT2D eigenvalue weighted by Crippen LogP contribution is -2.39. The van der Waals surface area contributed by atoms with Crippen LogP contribution in [0, 0.1) is 12.8 Å². The summed E-state index contributed by atoms with van der Waals surface area (Å²) in [5.74, 6) is 0.394. The third kappa shape index (κ3) is 2.80. The zero-order chi connectivity index (χ0) is 14.7. The van der Waals surface area contributed by atoms with E-state index in [4.69, 9.17) is 0 Å². The number of aryl methyl sites for hydroxylation is 1. The van der Waals surface area contributed by atoms with E-state index in [-0.39, 0.29) is 18.6 Å². The number of aliphatic hydroxyl groups is 1. The van der Waals surface area contributed by atoms with Crippen molar-refractivity contribution in [1.29, 1.82) is 0 Å². The third-order valence-electron chi connectivity index (χ3n) is 4.17. The van der Waals surface area contributed by atoms with Crippen molar-refractivity contribution in [3.8, 4) is 0 Å². The van der Waals surface area contributed by atoms with Crippen LogP contribution in [0.2, 0.25) is 0 Å². The van der Waals surface area contributed by atoms with Gasteiger partial charge in [-0.1, -0.05) is 6.92 Å². The molecule has 20 heavy (non-hydrogen) atoms. The standard InChI is InChI=1S/C16H24N2O2/c1-4-17-14-6-5-13(9-12(14)3)16(20)18-8-7-11(2)15(18)10-19/h5-6,9,11,15,17,19H,4,7-8,10H2,1-3H3. The molecule has 1 amide bonds. The van der Waals surface area contributed by atoms with E-state index < -0.39 is 0 Å². The third-order valence-corrected chi connectivity index (χ3v) is 4.17. The molecule has 1 aromatic carbocycles. The van der Waals surface area contributed by atoms with Crippen molar-refractivity contribution < 1.29 is 9.90 Å². The second-order valence-corrected chi connectivity index (χ2v) is 5.57. The van der Waals surface area contributed by atoms with Gasteiger partial charge in [0.05, 0.1) is 12.6 Å². The average Bonchev–Trinajstić information content (AvgIpc) is 2.81. The fourth-order valence-electron chi connectivity index (χ4n) is 2.89. The van der Waals surface area contributed by atoms with Gasteiger partial charge in [0.25, 0.3) is 5.91 Å². The highest BCUT2D eigenvalue weighted by atomic mass is 16.3. The maximum absolute atomic E-state index is 12.6. The van der Waals surface area contributed by atoms with Crippen LogP contribution in [0.4, 0.5) is 5.69 Å². The number of hydrogen-bond acceptors (Lipinski definition) is 3. The van der Waals surface area contributed by atoms with Gasteiger partial charge < -0.3 is 15.3 Å². The van der Waals surface area contributed by atoms with Gasteiger partial charge in [0.1, 0.15) is 0 Å². The molecule has 1 aliphatic heterocycles. The van der Waals surface area contributed by atoms with Gasteiger partial charge in [0, 0.05) is 24.3 Å². The molecule has 2 atom stereocenters. The lowest BCUT2D eigenvalue weighted by Gasteiger charge is -2.25. The fourth-order valence-corrected chi connectivity index (χ4v) is 2.89. The van der Waals surface area contributed by atoms with Gasteiger partial charge in [-0.3, -0.25) is 4.79 Å². The van der Waals surface area contributed by atoms with Crippen LogP contribution in [0.25, 0.3) is 0 Å². The SMILES string of the molecule is CCNc1ccc(C(=O)N2CCC(C)C2CO)cc1C. The first-order valence-electron chi connectivity index (χ1n) is 7.34. The number of rotatable bonds is 4. The van der Waals surface area contributed by atoms with Gasteiger partial charge in [0.2, 0.25) is 0 Å². The minimum absolute atomic E-state index is 0.0274. The molecule has 4 nitrogen and oxygen atoms in total. The molecule has 0 saturated carbocycles. The summed E-state index contributed by atoms with van der Waals surface area (Å²) in [7, 11) is 0. The summed E-state index contributed by atoms with van der Waals surface area (Å²) >= 11 is 0. The van der Waals surface area contributed by atoms with Crippen LogP contribution >= 0.6 is 0 Å². The molecule has 2 rings (SSSR count). The van der Waals surface area contributed by atoms with E-state index in [0.717, 1.165) is 30.8 Å². The van der Waals surface area contributed by atoms with Crippen LogP contribution in [0.3, 0.4) is 0 Å². The van der Waals surface area contributed by atoms with Crippen LogP contribution in [-0.2, 0) is 0 Å². The Morgan fingerprint density at radius 1 is 1.50 bits per heavy atom. The zero-order valence-corrected chi connectivity index (χ0v) is 12.5. The Bertz CT molecular complexity index is 487. The van der Waals surface area contributed by atoms with E-state index in [1.54, 1.807) is 0 Å². The molecule has 2 N–H and O–H groups in total. The fraction of sp³-hybridized carbons (Fsp3) is 0.562. The molecule has 1 aliphatic rings. The van der Waals surface area contributed by atoms with Crippen LogP contribution in [0.5, 0.6) is 0 Å². The van der Waals surface area contributed by atoms with Crippen molar-refractivity contribution in [3.63, 3.8) is 0 Å². The number of carbonyl (C=O) groups excluding carboxylic acids is 1. The normalized spacial score (nSPS) is 22.1. The number of nitrogens with one attached hydrogen (secondary N) is 1. The molecule has 0 radical (unpaired) electrons. The maximum atomic E-state index is 12.6. The van der Waals surface area contributed by atoms with Crippen molar-refractivity contribution >= 4 is 11.6 Å². The zero-order valence-electron chi connectivity index (χ0n) is 12.5. The molecule has 1 saturated heterocycles. The van der Waals surface area contributed by atoms with Crippen molar-refractivity contribution in [2.75, 3.05) is 25.0 Å². The molecule has 0 aliphatic carbocycles. The van der Waals surface area contributed by atoms with E-state index in [9.17, 15) is 9.90 Å². The summed E-state index contributed by atoms with van der Waals surface area (Å²) < 4.78 is 0. The van der Waals surface area contributed by atoms with Gasteiger partial charge in [-0.05, 0) is 49.9 Å². The number of hydrogen-bond donors (Lipinski definition) is 2. The van der Waals surface area contributed by atoms with E-state index in [0.29, 0.717) is 11.5 Å². The highest BCUT2D eigenvalue weighted by Gasteiger charge is 2.34. The number of anilines is 1. The Balaban J connectivity index is 2.19. The van der Waals surface area contributed by atoms with Gasteiger partial charge in [0.15, 0.2) is 0 Å². The van der Waals surface area contributed by atoms with Crippen LogP contribution in [-0.4, -0.2) is 41.7 Å². The summed E-state index contributed by atoms with van der Waals surface area (Å²) in [6.07, 6.45) is 0.964. The van der Waals surface area contributed by atoms with Crippen molar-refractivity contribution in [3.05, 3.63) is 29.3 Å². The monoisotopic (exact) mass is 276 g/mol. The van der Waals surface area contributed by atoms with Gasteiger partial charge >= 0.3 is 0 Å². The van der Waals surface area contributed by atoms with Gasteiger partial charge in [-0.15, -0.1) is 0 Å². The Morgan fingerprint density at radius 2 is 2.25 bits per heavy atom. The Morgan fingerprint density at radius 3 is 2.85 bits per heavy atom. The Hall–Kier alpha value is -1.55. The minimum atomic E-state index is -0.0451. The second kappa shape index (κ2) is 6.27. The van der Waals surface area contributed by atoms with Crippen molar-refractivity contribution in [2.45, 2.75) is 33.2 Å². The molecule has 0 bridgehead atoms. The predicted octanol–water partition coefficient (Wildman–Crippen LogP) is 2.27. The summed E-state index contributed by atoms with van der Waals surface area (Å²) in [5.41, 5.74) is 2.85. The lowest BCUT2D eigenvalue weighted by atomic mass is 10.0. The van der Waals surface area contributed by atoms with Crippen molar-refractivity contribution in [1.82, 2.24) is 4.90 Å². The van der Waals surface area contributed by atoms with Gasteiger partial charge in [-0.2, -0.15) is 0 Å². The highest BCUT2D eigenvalue weighted by Crippen LogP contribution is 2.26. The number of aliphatic hydroxyl groups excluding tert-OH is 1. The summed E-state index contributed by atoms with van der Waals surface area (Å²) in [5, 5.41) is 12.7. The van der Waals surface area contributed by atoms with E-state index >= 15 is 0 Å². The quantitative estimate of drug-likeness (QED) is 0.887. The average molecular weight is 276 g/mol. The largest absolute Gasteiger partial charge is 0.394 e. The molecule has 0 spiro atoms. The van der Waals surface area contributed by atoms with Crippen LogP contribution in [0.1, 0.15) is 36.2 Å². The minimum Gasteiger partial charge on any atom is -0.394 e. The first kappa shape index (κ1) is 14.9. The number of carbonyl (C=O) groups is 1. The number of benzene rings is 1. The Labute approximate surface area is 120 Å².